The standard InChI is InChI=1S/C41H74O15/c1-11-20(2)12-21(3)13-26(8)39(56-41-38(52)37(51)36(50)31(18-43)55-41)27(9)15-24(6)32(46)22(4)14-23(5)33(47)25(7)16-28(10)40(53)54-19-30(45)35(49)34(48)29(44)17-42/h14-16,20-22,25-27,29-39,41-52H,11-13,17-19H2,1-10H3/b23-14+,24-15+,28-16+/t20-,21-,22-,25-,26-,27-,29+,30+,31+,32-,33+,34+,35+,36+,37-,38-,39+,41-/m0/s1. The maximum atomic E-state index is 12.5. The van der Waals surface area contributed by atoms with Gasteiger partial charge in [0.15, 0.2) is 6.29 Å². The van der Waals surface area contributed by atoms with Gasteiger partial charge >= 0.3 is 5.97 Å². The fraction of sp³-hybridized carbons (Fsp3) is 0.829. The van der Waals surface area contributed by atoms with E-state index < -0.39 is 111 Å². The zero-order valence-electron chi connectivity index (χ0n) is 34.9. The lowest BCUT2D eigenvalue weighted by Crippen LogP contribution is -2.60. The minimum Gasteiger partial charge on any atom is -0.459 e. The van der Waals surface area contributed by atoms with Crippen LogP contribution in [-0.2, 0) is 19.0 Å². The van der Waals surface area contributed by atoms with E-state index in [4.69, 9.17) is 19.3 Å². The van der Waals surface area contributed by atoms with E-state index in [0.29, 0.717) is 23.0 Å². The molecule has 1 saturated heterocycles. The van der Waals surface area contributed by atoms with Crippen LogP contribution in [0.1, 0.15) is 88.5 Å². The quantitative estimate of drug-likeness (QED) is 0.0365. The van der Waals surface area contributed by atoms with Crippen LogP contribution < -0.4 is 0 Å². The second-order valence-corrected chi connectivity index (χ2v) is 16.4. The van der Waals surface area contributed by atoms with Gasteiger partial charge < -0.3 is 70.4 Å². The highest BCUT2D eigenvalue weighted by atomic mass is 16.7. The summed E-state index contributed by atoms with van der Waals surface area (Å²) in [6.45, 7) is 16.8. The Hall–Kier alpha value is -1.83. The fourth-order valence-electron chi connectivity index (χ4n) is 7.36. The Kier molecular flexibility index (Phi) is 23.2. The molecule has 1 aliphatic rings. The zero-order chi connectivity index (χ0) is 43.2. The van der Waals surface area contributed by atoms with Crippen LogP contribution in [0.4, 0.5) is 0 Å². The van der Waals surface area contributed by atoms with Crippen LogP contribution in [0.5, 0.6) is 0 Å². The van der Waals surface area contributed by atoms with Crippen molar-refractivity contribution >= 4 is 5.97 Å². The number of aliphatic hydroxyl groups excluding tert-OH is 11. The number of carbonyl (C=O) groups is 1. The number of ether oxygens (including phenoxy) is 3. The summed E-state index contributed by atoms with van der Waals surface area (Å²) < 4.78 is 17.1. The average molecular weight is 807 g/mol. The predicted molar refractivity (Wildman–Crippen MR) is 209 cm³/mol. The summed E-state index contributed by atoms with van der Waals surface area (Å²) in [6, 6.07) is 0. The van der Waals surface area contributed by atoms with E-state index in [0.717, 1.165) is 19.3 Å². The van der Waals surface area contributed by atoms with E-state index in [-0.39, 0.29) is 17.4 Å². The number of carbonyl (C=O) groups excluding carboxylic acids is 1. The maximum absolute atomic E-state index is 12.5. The van der Waals surface area contributed by atoms with Crippen molar-refractivity contribution in [2.24, 2.45) is 35.5 Å². The second-order valence-electron chi connectivity index (χ2n) is 16.4. The first-order valence-electron chi connectivity index (χ1n) is 19.9. The van der Waals surface area contributed by atoms with Gasteiger partial charge in [0.2, 0.25) is 0 Å². The third-order valence-corrected chi connectivity index (χ3v) is 11.0. The molecule has 0 amide bonds. The number of esters is 1. The summed E-state index contributed by atoms with van der Waals surface area (Å²) in [7, 11) is 0. The van der Waals surface area contributed by atoms with E-state index >= 15 is 0 Å². The number of hydrogen-bond acceptors (Lipinski definition) is 15. The van der Waals surface area contributed by atoms with Gasteiger partial charge in [-0.25, -0.2) is 4.79 Å². The molecule has 0 bridgehead atoms. The van der Waals surface area contributed by atoms with Crippen LogP contribution in [0.25, 0.3) is 0 Å². The van der Waals surface area contributed by atoms with Crippen molar-refractivity contribution in [3.05, 3.63) is 34.9 Å². The molecule has 0 aromatic carbocycles. The van der Waals surface area contributed by atoms with Crippen LogP contribution in [0.3, 0.4) is 0 Å². The van der Waals surface area contributed by atoms with E-state index in [2.05, 4.69) is 20.8 Å². The molecule has 0 aliphatic carbocycles. The second kappa shape index (κ2) is 24.9. The molecule has 1 heterocycles. The van der Waals surface area contributed by atoms with Crippen molar-refractivity contribution in [1.29, 1.82) is 0 Å². The molecule has 328 valence electrons. The summed E-state index contributed by atoms with van der Waals surface area (Å²) in [4.78, 5) is 12.5. The number of rotatable bonds is 24. The van der Waals surface area contributed by atoms with Crippen molar-refractivity contribution in [2.45, 2.75) is 162 Å². The highest BCUT2D eigenvalue weighted by molar-refractivity contribution is 5.87. The summed E-state index contributed by atoms with van der Waals surface area (Å²) in [6.07, 6.45) is -8.89. The SMILES string of the molecule is CC[C@H](C)C[C@H](C)C[C@H](C)[C@@H](O[C@@H]1O[C@H](CO)[C@@H](O)[C@H](O)[C@@H]1O)[C@@H](C)/C=C(\C)[C@@H](O)[C@@H](C)/C=C(\C)[C@@H](O)[C@@H](C)/C=C(\C)C(=O)OC[C@@H](O)[C@@H](O)[C@H](O)[C@H](O)CO. The Balaban J connectivity index is 3.12. The van der Waals surface area contributed by atoms with Crippen LogP contribution >= 0.6 is 0 Å². The zero-order valence-corrected chi connectivity index (χ0v) is 34.9. The molecule has 15 nitrogen and oxygen atoms in total. The Morgan fingerprint density at radius 3 is 1.73 bits per heavy atom. The average Bonchev–Trinajstić information content (AvgIpc) is 3.16. The van der Waals surface area contributed by atoms with Gasteiger partial charge in [-0.1, -0.05) is 73.1 Å². The lowest BCUT2D eigenvalue weighted by atomic mass is 9.82. The maximum Gasteiger partial charge on any atom is 0.333 e. The van der Waals surface area contributed by atoms with Crippen LogP contribution in [0.2, 0.25) is 0 Å². The van der Waals surface area contributed by atoms with E-state index in [1.807, 2.05) is 19.9 Å². The molecule has 18 atom stereocenters. The third-order valence-electron chi connectivity index (χ3n) is 11.0. The van der Waals surface area contributed by atoms with Crippen molar-refractivity contribution in [3.63, 3.8) is 0 Å². The van der Waals surface area contributed by atoms with E-state index in [1.165, 1.54) is 13.0 Å². The fourth-order valence-corrected chi connectivity index (χ4v) is 7.36. The summed E-state index contributed by atoms with van der Waals surface area (Å²) >= 11 is 0. The molecule has 0 spiro atoms. The van der Waals surface area contributed by atoms with Crippen LogP contribution in [-0.4, -0.2) is 155 Å². The number of aliphatic hydroxyl groups is 11. The third kappa shape index (κ3) is 15.7. The van der Waals surface area contributed by atoms with Crippen molar-refractivity contribution < 1.29 is 75.2 Å². The van der Waals surface area contributed by atoms with E-state index in [1.54, 1.807) is 33.8 Å². The summed E-state index contributed by atoms with van der Waals surface area (Å²) in [5.41, 5.74) is 1.26. The molecule has 0 aromatic rings. The summed E-state index contributed by atoms with van der Waals surface area (Å²) in [5.74, 6) is -1.37. The molecule has 0 radical (unpaired) electrons. The lowest BCUT2D eigenvalue weighted by Gasteiger charge is -2.42. The van der Waals surface area contributed by atoms with Gasteiger partial charge in [-0.2, -0.15) is 0 Å². The highest BCUT2D eigenvalue weighted by Gasteiger charge is 2.45. The first kappa shape index (κ1) is 52.2. The summed E-state index contributed by atoms with van der Waals surface area (Å²) in [5, 5.41) is 112. The number of hydrogen-bond donors (Lipinski definition) is 11. The first-order valence-corrected chi connectivity index (χ1v) is 19.9. The Bertz CT molecular complexity index is 1240. The van der Waals surface area contributed by atoms with Gasteiger partial charge in [0, 0.05) is 23.3 Å². The molecule has 15 heteroatoms. The minimum absolute atomic E-state index is 0.0574. The molecule has 1 aliphatic heterocycles. The Labute approximate surface area is 333 Å². The molecule has 0 unspecified atom stereocenters. The molecular weight excluding hydrogens is 732 g/mol. The topological polar surface area (TPSA) is 267 Å². The van der Waals surface area contributed by atoms with Crippen LogP contribution in [0.15, 0.2) is 34.9 Å². The largest absolute Gasteiger partial charge is 0.459 e. The Morgan fingerprint density at radius 2 is 1.21 bits per heavy atom. The van der Waals surface area contributed by atoms with Gasteiger partial charge in [0.1, 0.15) is 55.4 Å². The minimum atomic E-state index is -1.88. The molecule has 1 rings (SSSR count). The highest BCUT2D eigenvalue weighted by Crippen LogP contribution is 2.33. The molecular formula is C41H74O15. The normalized spacial score (nSPS) is 28.5. The van der Waals surface area contributed by atoms with Gasteiger partial charge in [-0.05, 0) is 62.5 Å². The Morgan fingerprint density at radius 1 is 0.696 bits per heavy atom. The molecule has 0 aromatic heterocycles. The van der Waals surface area contributed by atoms with E-state index in [9.17, 15) is 55.9 Å². The predicted octanol–water partition coefficient (Wildman–Crippen LogP) is 0.718. The van der Waals surface area contributed by atoms with Crippen molar-refractivity contribution in [1.82, 2.24) is 0 Å². The smallest absolute Gasteiger partial charge is 0.333 e. The lowest BCUT2D eigenvalue weighted by molar-refractivity contribution is -0.317. The molecule has 11 N–H and O–H groups in total. The molecule has 1 fully saturated rings. The van der Waals surface area contributed by atoms with Crippen LogP contribution in [0, 0.1) is 35.5 Å². The monoisotopic (exact) mass is 807 g/mol. The van der Waals surface area contributed by atoms with Gasteiger partial charge in [-0.3, -0.25) is 0 Å². The van der Waals surface area contributed by atoms with Gasteiger partial charge in [0.05, 0.1) is 31.5 Å². The molecule has 56 heavy (non-hydrogen) atoms. The first-order chi connectivity index (χ1) is 26.0. The molecule has 0 saturated carbocycles. The van der Waals surface area contributed by atoms with Gasteiger partial charge in [0.25, 0.3) is 0 Å². The van der Waals surface area contributed by atoms with Crippen molar-refractivity contribution in [3.8, 4) is 0 Å². The van der Waals surface area contributed by atoms with Crippen molar-refractivity contribution in [2.75, 3.05) is 19.8 Å². The van der Waals surface area contributed by atoms with Gasteiger partial charge in [-0.15, -0.1) is 0 Å².